The zero-order valence-corrected chi connectivity index (χ0v) is 16.9. The molecule has 0 saturated carbocycles. The lowest BCUT2D eigenvalue weighted by Crippen LogP contribution is -2.38. The minimum absolute atomic E-state index is 0.0693. The fraction of sp³-hybridized carbons (Fsp3) is 0.500. The highest BCUT2D eigenvalue weighted by Crippen LogP contribution is 2.26. The molecule has 0 bridgehead atoms. The van der Waals surface area contributed by atoms with Crippen LogP contribution in [0.2, 0.25) is 0 Å². The molecule has 7 nitrogen and oxygen atoms in total. The Hall–Kier alpha value is -2.19. The van der Waals surface area contributed by atoms with E-state index < -0.39 is 10.0 Å². The number of piperidine rings is 1. The largest absolute Gasteiger partial charge is 0.356 e. The van der Waals surface area contributed by atoms with E-state index in [0.717, 1.165) is 32.2 Å². The average Bonchev–Trinajstić information content (AvgIpc) is 3.24. The lowest BCUT2D eigenvalue weighted by molar-refractivity contribution is -0.121. The average molecular weight is 405 g/mol. The molecule has 2 heterocycles. The number of nitrogens with zero attached hydrogens (tertiary/aromatic N) is 3. The van der Waals surface area contributed by atoms with Crippen LogP contribution < -0.4 is 5.32 Å². The van der Waals surface area contributed by atoms with E-state index in [1.165, 1.54) is 0 Å². The standard InChI is InChI=1S/C20H28N4O3S/c25-20(21-12-4-14-23-15-5-13-22-23)9-8-18-10-16-24(17-11-18)28(26,27)19-6-2-1-3-7-19/h1-3,5-7,13,15,18H,4,8-12,14,16-17H2,(H,21,25). The molecule has 28 heavy (non-hydrogen) atoms. The van der Waals surface area contributed by atoms with Gasteiger partial charge in [-0.05, 0) is 49.8 Å². The summed E-state index contributed by atoms with van der Waals surface area (Å²) < 4.78 is 28.7. The smallest absolute Gasteiger partial charge is 0.243 e. The predicted molar refractivity (Wildman–Crippen MR) is 107 cm³/mol. The van der Waals surface area contributed by atoms with Gasteiger partial charge in [-0.2, -0.15) is 9.40 Å². The van der Waals surface area contributed by atoms with E-state index in [4.69, 9.17) is 0 Å². The Labute approximate surface area is 166 Å². The predicted octanol–water partition coefficient (Wildman–Crippen LogP) is 2.27. The van der Waals surface area contributed by atoms with E-state index >= 15 is 0 Å². The van der Waals surface area contributed by atoms with Gasteiger partial charge in [-0.3, -0.25) is 9.48 Å². The number of carbonyl (C=O) groups is 1. The van der Waals surface area contributed by atoms with Crippen LogP contribution >= 0.6 is 0 Å². The second-order valence-electron chi connectivity index (χ2n) is 7.17. The van der Waals surface area contributed by atoms with Crippen LogP contribution in [-0.4, -0.2) is 48.0 Å². The van der Waals surface area contributed by atoms with Crippen LogP contribution in [0.5, 0.6) is 0 Å². The van der Waals surface area contributed by atoms with Crippen molar-refractivity contribution in [1.29, 1.82) is 0 Å². The zero-order valence-electron chi connectivity index (χ0n) is 16.0. The first-order chi connectivity index (χ1) is 13.6. The number of sulfonamides is 1. The molecule has 0 radical (unpaired) electrons. The second kappa shape index (κ2) is 9.84. The summed E-state index contributed by atoms with van der Waals surface area (Å²) in [5.41, 5.74) is 0. The summed E-state index contributed by atoms with van der Waals surface area (Å²) >= 11 is 0. The van der Waals surface area contributed by atoms with E-state index in [-0.39, 0.29) is 5.91 Å². The summed E-state index contributed by atoms with van der Waals surface area (Å²) in [6.07, 6.45) is 7.42. The van der Waals surface area contributed by atoms with E-state index in [9.17, 15) is 13.2 Å². The SMILES string of the molecule is O=C(CCC1CCN(S(=O)(=O)c2ccccc2)CC1)NCCCn1cccn1. The van der Waals surface area contributed by atoms with E-state index in [1.807, 2.05) is 23.0 Å². The number of hydrogen-bond donors (Lipinski definition) is 1. The van der Waals surface area contributed by atoms with Crippen LogP contribution in [0.4, 0.5) is 0 Å². The van der Waals surface area contributed by atoms with Gasteiger partial charge in [0.25, 0.3) is 0 Å². The molecule has 0 unspecified atom stereocenters. The Bertz CT molecular complexity index is 830. The quantitative estimate of drug-likeness (QED) is 0.650. The molecule has 3 rings (SSSR count). The van der Waals surface area contributed by atoms with Crippen molar-refractivity contribution < 1.29 is 13.2 Å². The summed E-state index contributed by atoms with van der Waals surface area (Å²) in [4.78, 5) is 12.4. The highest BCUT2D eigenvalue weighted by Gasteiger charge is 2.29. The van der Waals surface area contributed by atoms with E-state index in [2.05, 4.69) is 10.4 Å². The van der Waals surface area contributed by atoms with Crippen LogP contribution in [0, 0.1) is 5.92 Å². The number of aromatic nitrogens is 2. The summed E-state index contributed by atoms with van der Waals surface area (Å²) in [6, 6.07) is 10.5. The van der Waals surface area contributed by atoms with Gasteiger partial charge in [0.2, 0.25) is 15.9 Å². The Morgan fingerprint density at radius 1 is 1.14 bits per heavy atom. The molecule has 0 atom stereocenters. The topological polar surface area (TPSA) is 84.3 Å². The van der Waals surface area contributed by atoms with Gasteiger partial charge in [0.1, 0.15) is 0 Å². The number of aryl methyl sites for hydroxylation is 1. The van der Waals surface area contributed by atoms with Crippen molar-refractivity contribution in [3.63, 3.8) is 0 Å². The third kappa shape index (κ3) is 5.65. The molecule has 1 aliphatic rings. The van der Waals surface area contributed by atoms with Gasteiger partial charge in [-0.15, -0.1) is 0 Å². The van der Waals surface area contributed by atoms with Gasteiger partial charge in [0, 0.05) is 45.0 Å². The lowest BCUT2D eigenvalue weighted by Gasteiger charge is -2.31. The number of hydrogen-bond acceptors (Lipinski definition) is 4. The maximum atomic E-state index is 12.6. The maximum absolute atomic E-state index is 12.6. The third-order valence-electron chi connectivity index (χ3n) is 5.18. The van der Waals surface area contributed by atoms with Crippen molar-refractivity contribution in [1.82, 2.24) is 19.4 Å². The van der Waals surface area contributed by atoms with Gasteiger partial charge >= 0.3 is 0 Å². The molecule has 1 aliphatic heterocycles. The van der Waals surface area contributed by atoms with Crippen LogP contribution in [0.25, 0.3) is 0 Å². The summed E-state index contributed by atoms with van der Waals surface area (Å²) in [5.74, 6) is 0.469. The lowest BCUT2D eigenvalue weighted by atomic mass is 9.93. The number of carbonyl (C=O) groups excluding carboxylic acids is 1. The number of amides is 1. The molecule has 1 saturated heterocycles. The van der Waals surface area contributed by atoms with E-state index in [1.54, 1.807) is 34.8 Å². The molecule has 1 amide bonds. The Balaban J connectivity index is 1.33. The van der Waals surface area contributed by atoms with Gasteiger partial charge in [-0.25, -0.2) is 8.42 Å². The van der Waals surface area contributed by atoms with Crippen molar-refractivity contribution in [2.24, 2.45) is 5.92 Å². The van der Waals surface area contributed by atoms with Crippen LogP contribution in [0.3, 0.4) is 0 Å². The van der Waals surface area contributed by atoms with Gasteiger partial charge in [-0.1, -0.05) is 18.2 Å². The third-order valence-corrected chi connectivity index (χ3v) is 7.09. The molecule has 1 aromatic heterocycles. The van der Waals surface area contributed by atoms with Crippen molar-refractivity contribution in [3.05, 3.63) is 48.8 Å². The molecule has 0 spiro atoms. The fourth-order valence-electron chi connectivity index (χ4n) is 3.51. The molecule has 1 aromatic carbocycles. The van der Waals surface area contributed by atoms with Crippen molar-refractivity contribution >= 4 is 15.9 Å². The molecule has 0 aliphatic carbocycles. The second-order valence-corrected chi connectivity index (χ2v) is 9.11. The van der Waals surface area contributed by atoms with E-state index in [0.29, 0.717) is 36.9 Å². The fourth-order valence-corrected chi connectivity index (χ4v) is 5.00. The number of rotatable bonds is 9. The first-order valence-electron chi connectivity index (χ1n) is 9.85. The molecular weight excluding hydrogens is 376 g/mol. The maximum Gasteiger partial charge on any atom is 0.243 e. The number of benzene rings is 1. The van der Waals surface area contributed by atoms with Gasteiger partial charge in [0.15, 0.2) is 0 Å². The molecule has 1 fully saturated rings. The number of nitrogens with one attached hydrogen (secondary N) is 1. The minimum Gasteiger partial charge on any atom is -0.356 e. The summed E-state index contributed by atoms with van der Waals surface area (Å²) in [6.45, 7) is 2.48. The molecule has 2 aromatic rings. The first kappa shape index (κ1) is 20.5. The zero-order chi connectivity index (χ0) is 19.8. The Morgan fingerprint density at radius 2 is 1.89 bits per heavy atom. The summed E-state index contributed by atoms with van der Waals surface area (Å²) in [7, 11) is -3.40. The highest BCUT2D eigenvalue weighted by atomic mass is 32.2. The highest BCUT2D eigenvalue weighted by molar-refractivity contribution is 7.89. The Kier molecular flexibility index (Phi) is 7.22. The van der Waals surface area contributed by atoms with Crippen molar-refractivity contribution in [2.75, 3.05) is 19.6 Å². The Morgan fingerprint density at radius 3 is 2.57 bits per heavy atom. The monoisotopic (exact) mass is 404 g/mol. The molecule has 1 N–H and O–H groups in total. The summed E-state index contributed by atoms with van der Waals surface area (Å²) in [5, 5.41) is 7.08. The van der Waals surface area contributed by atoms with Crippen molar-refractivity contribution in [3.8, 4) is 0 Å². The molecular formula is C20H28N4O3S. The van der Waals surface area contributed by atoms with Gasteiger partial charge < -0.3 is 5.32 Å². The first-order valence-corrected chi connectivity index (χ1v) is 11.3. The van der Waals surface area contributed by atoms with Crippen molar-refractivity contribution in [2.45, 2.75) is 43.5 Å². The van der Waals surface area contributed by atoms with Gasteiger partial charge in [0.05, 0.1) is 4.90 Å². The van der Waals surface area contributed by atoms with Crippen LogP contribution in [-0.2, 0) is 21.4 Å². The van der Waals surface area contributed by atoms with Crippen LogP contribution in [0.1, 0.15) is 32.1 Å². The molecule has 152 valence electrons. The molecule has 8 heteroatoms. The van der Waals surface area contributed by atoms with Crippen LogP contribution in [0.15, 0.2) is 53.7 Å². The minimum atomic E-state index is -3.40. The normalized spacial score (nSPS) is 16.1.